The van der Waals surface area contributed by atoms with Gasteiger partial charge in [-0.2, -0.15) is 5.10 Å². The Bertz CT molecular complexity index is 1270. The number of aliphatic hydroxyl groups is 1. The molecule has 182 valence electrons. The maximum atomic E-state index is 14.9. The third kappa shape index (κ3) is 4.83. The second-order valence-corrected chi connectivity index (χ2v) is 10.5. The summed E-state index contributed by atoms with van der Waals surface area (Å²) in [6, 6.07) is 8.40. The van der Waals surface area contributed by atoms with Gasteiger partial charge in [-0.15, -0.1) is 0 Å². The van der Waals surface area contributed by atoms with Gasteiger partial charge in [0.2, 0.25) is 5.91 Å². The summed E-state index contributed by atoms with van der Waals surface area (Å²) in [4.78, 5) is 23.7. The molecular formula is C24H26FN7O2S. The number of aryl methyl sites for hydroxylation is 1. The Kier molecular flexibility index (Phi) is 5.60. The number of aromatic nitrogens is 4. The Balaban J connectivity index is 1.26. The molecule has 9 nitrogen and oxygen atoms in total. The van der Waals surface area contributed by atoms with Crippen molar-refractivity contribution >= 4 is 40.8 Å². The first-order valence-corrected chi connectivity index (χ1v) is 12.7. The molecule has 0 bridgehead atoms. The summed E-state index contributed by atoms with van der Waals surface area (Å²) in [5.74, 6) is 1.85. The molecular weight excluding hydrogens is 469 g/mol. The number of anilines is 4. The Labute approximate surface area is 205 Å². The van der Waals surface area contributed by atoms with Crippen molar-refractivity contribution in [3.63, 3.8) is 0 Å². The summed E-state index contributed by atoms with van der Waals surface area (Å²) in [5, 5.41) is 23.8. The van der Waals surface area contributed by atoms with Gasteiger partial charge in [0.1, 0.15) is 17.5 Å². The molecule has 2 saturated carbocycles. The number of hydrogen-bond donors (Lipinski definition) is 4. The van der Waals surface area contributed by atoms with E-state index in [0.29, 0.717) is 45.7 Å². The van der Waals surface area contributed by atoms with Crippen LogP contribution in [-0.4, -0.2) is 49.9 Å². The van der Waals surface area contributed by atoms with Crippen molar-refractivity contribution in [2.45, 2.75) is 54.8 Å². The molecule has 2 atom stereocenters. The number of aromatic amines is 1. The number of benzene rings is 1. The van der Waals surface area contributed by atoms with Gasteiger partial charge in [0.15, 0.2) is 11.0 Å². The Hall–Kier alpha value is -3.18. The highest BCUT2D eigenvalue weighted by molar-refractivity contribution is 7.99. The van der Waals surface area contributed by atoms with Crippen LogP contribution in [0.15, 0.2) is 40.4 Å². The lowest BCUT2D eigenvalue weighted by Gasteiger charge is -2.46. The van der Waals surface area contributed by atoms with Crippen LogP contribution in [0.5, 0.6) is 0 Å². The van der Waals surface area contributed by atoms with Crippen LogP contribution in [0, 0.1) is 24.6 Å². The van der Waals surface area contributed by atoms with Crippen LogP contribution in [-0.2, 0) is 4.79 Å². The van der Waals surface area contributed by atoms with Gasteiger partial charge in [0.05, 0.1) is 17.0 Å². The molecule has 2 aliphatic carbocycles. The van der Waals surface area contributed by atoms with Gasteiger partial charge in [0.25, 0.3) is 0 Å². The highest BCUT2D eigenvalue weighted by atomic mass is 32.2. The lowest BCUT2D eigenvalue weighted by Crippen LogP contribution is -2.61. The van der Waals surface area contributed by atoms with Crippen molar-refractivity contribution in [2.24, 2.45) is 11.8 Å². The van der Waals surface area contributed by atoms with Crippen LogP contribution in [0.2, 0.25) is 0 Å². The van der Waals surface area contributed by atoms with Crippen molar-refractivity contribution < 1.29 is 14.3 Å². The van der Waals surface area contributed by atoms with Gasteiger partial charge < -0.3 is 20.6 Å². The van der Waals surface area contributed by atoms with Crippen LogP contribution in [0.25, 0.3) is 0 Å². The molecule has 3 aliphatic rings. The van der Waals surface area contributed by atoms with Crippen LogP contribution >= 0.6 is 11.8 Å². The molecule has 0 spiro atoms. The number of hydrogen-bond acceptors (Lipinski definition) is 8. The molecule has 4 N–H and O–H groups in total. The first kappa shape index (κ1) is 22.3. The molecule has 11 heteroatoms. The van der Waals surface area contributed by atoms with E-state index in [1.165, 1.54) is 6.07 Å². The van der Waals surface area contributed by atoms with Gasteiger partial charge >= 0.3 is 0 Å². The molecule has 35 heavy (non-hydrogen) atoms. The van der Waals surface area contributed by atoms with E-state index in [2.05, 4.69) is 30.7 Å². The van der Waals surface area contributed by atoms with Crippen molar-refractivity contribution in [3.8, 4) is 0 Å². The minimum atomic E-state index is -0.453. The second-order valence-electron chi connectivity index (χ2n) is 9.51. The van der Waals surface area contributed by atoms with Gasteiger partial charge in [-0.1, -0.05) is 0 Å². The fourth-order valence-corrected chi connectivity index (χ4v) is 5.16. The number of nitrogens with zero attached hydrogens (tertiary/aromatic N) is 4. The molecule has 3 heterocycles. The minimum Gasteiger partial charge on any atom is -0.389 e. The number of aliphatic hydroxyl groups excluding tert-OH is 1. The van der Waals surface area contributed by atoms with Crippen molar-refractivity contribution in [1.82, 2.24) is 20.2 Å². The number of rotatable bonds is 8. The maximum Gasteiger partial charge on any atom is 0.227 e. The van der Waals surface area contributed by atoms with E-state index in [1.54, 1.807) is 12.1 Å². The Morgan fingerprint density at radius 3 is 2.66 bits per heavy atom. The first-order valence-electron chi connectivity index (χ1n) is 11.8. The fraction of sp³-hybridized carbons (Fsp3) is 0.417. The van der Waals surface area contributed by atoms with Crippen LogP contribution < -0.4 is 15.5 Å². The van der Waals surface area contributed by atoms with Gasteiger partial charge in [-0.25, -0.2) is 14.4 Å². The summed E-state index contributed by atoms with van der Waals surface area (Å²) in [7, 11) is 0. The van der Waals surface area contributed by atoms with Gasteiger partial charge in [-0.05, 0) is 68.5 Å². The van der Waals surface area contributed by atoms with Crippen LogP contribution in [0.3, 0.4) is 0 Å². The first-order chi connectivity index (χ1) is 16.9. The summed E-state index contributed by atoms with van der Waals surface area (Å²) in [6.45, 7) is 2.42. The second kappa shape index (κ2) is 8.80. The summed E-state index contributed by atoms with van der Waals surface area (Å²) in [6.07, 6.45) is 3.63. The van der Waals surface area contributed by atoms with Gasteiger partial charge in [0, 0.05) is 36.0 Å². The zero-order chi connectivity index (χ0) is 24.1. The molecule has 1 aromatic carbocycles. The Morgan fingerprint density at radius 2 is 2.00 bits per heavy atom. The SMILES string of the molecule is Cc1cc(Nc2cc(N3CC(O)C3C3CC3)nc(Sc3ccc(NC(=O)C4CC4)cc3F)n2)n[nH]1. The largest absolute Gasteiger partial charge is 0.389 e. The van der Waals surface area contributed by atoms with E-state index in [-0.39, 0.29) is 24.0 Å². The summed E-state index contributed by atoms with van der Waals surface area (Å²) >= 11 is 1.12. The van der Waals surface area contributed by atoms with E-state index in [9.17, 15) is 14.3 Å². The zero-order valence-electron chi connectivity index (χ0n) is 19.2. The monoisotopic (exact) mass is 495 g/mol. The molecule has 1 amide bonds. The summed E-state index contributed by atoms with van der Waals surface area (Å²) in [5.41, 5.74) is 1.35. The van der Waals surface area contributed by atoms with Crippen molar-refractivity contribution in [1.29, 1.82) is 0 Å². The lowest BCUT2D eigenvalue weighted by atomic mass is 9.94. The van der Waals surface area contributed by atoms with E-state index in [0.717, 1.165) is 43.1 Å². The van der Waals surface area contributed by atoms with Crippen molar-refractivity contribution in [3.05, 3.63) is 41.8 Å². The topological polar surface area (TPSA) is 119 Å². The normalized spacial score (nSPS) is 21.5. The molecule has 2 unspecified atom stereocenters. The molecule has 0 radical (unpaired) electrons. The number of halogens is 1. The summed E-state index contributed by atoms with van der Waals surface area (Å²) < 4.78 is 14.9. The van der Waals surface area contributed by atoms with E-state index in [4.69, 9.17) is 4.98 Å². The lowest BCUT2D eigenvalue weighted by molar-refractivity contribution is -0.117. The van der Waals surface area contributed by atoms with Gasteiger partial charge in [-0.3, -0.25) is 9.89 Å². The van der Waals surface area contributed by atoms with Crippen LogP contribution in [0.4, 0.5) is 27.5 Å². The number of amides is 1. The van der Waals surface area contributed by atoms with Crippen LogP contribution in [0.1, 0.15) is 31.4 Å². The number of nitrogens with one attached hydrogen (secondary N) is 3. The molecule has 2 aromatic heterocycles. The standard InChI is InChI=1S/C24H26FN7O2S/c1-12-8-20(31-30-12)27-19-10-21(32-11-17(33)22(32)13-2-3-13)29-24(28-19)35-18-7-6-15(9-16(18)25)26-23(34)14-4-5-14/h6-10,13-14,17,22,33H,2-5,11H2,1H3,(H,26,34)(H2,27,28,29,30,31). The number of β-amino-alcohol motifs (C(OH)–C–C–N with tert-alkyl or cyclic N) is 1. The smallest absolute Gasteiger partial charge is 0.227 e. The highest BCUT2D eigenvalue weighted by Gasteiger charge is 2.48. The molecule has 3 fully saturated rings. The predicted molar refractivity (Wildman–Crippen MR) is 130 cm³/mol. The average Bonchev–Trinajstić information content (AvgIpc) is 3.73. The van der Waals surface area contributed by atoms with Crippen molar-refractivity contribution in [2.75, 3.05) is 22.1 Å². The average molecular weight is 496 g/mol. The molecule has 1 aliphatic heterocycles. The minimum absolute atomic E-state index is 0.0481. The zero-order valence-corrected chi connectivity index (χ0v) is 20.0. The quantitative estimate of drug-likeness (QED) is 0.348. The van der Waals surface area contributed by atoms with E-state index in [1.807, 2.05) is 19.1 Å². The fourth-order valence-electron chi connectivity index (χ4n) is 4.39. The molecule has 6 rings (SSSR count). The molecule has 3 aromatic rings. The van der Waals surface area contributed by atoms with E-state index < -0.39 is 5.82 Å². The third-order valence-electron chi connectivity index (χ3n) is 6.54. The number of carbonyl (C=O) groups excluding carboxylic acids is 1. The Morgan fingerprint density at radius 1 is 1.17 bits per heavy atom. The third-order valence-corrected chi connectivity index (χ3v) is 7.46. The van der Waals surface area contributed by atoms with E-state index >= 15 is 0 Å². The number of H-pyrrole nitrogens is 1. The molecule has 1 saturated heterocycles. The predicted octanol–water partition coefficient (Wildman–Crippen LogP) is 3.85. The maximum absolute atomic E-state index is 14.9. The highest BCUT2D eigenvalue weighted by Crippen LogP contribution is 2.43. The number of carbonyl (C=O) groups is 1.